The van der Waals surface area contributed by atoms with Gasteiger partial charge in [-0.05, 0) is 29.6 Å². The lowest BCUT2D eigenvalue weighted by Gasteiger charge is -2.37. The van der Waals surface area contributed by atoms with Gasteiger partial charge < -0.3 is 0 Å². The molecule has 0 heterocycles. The highest BCUT2D eigenvalue weighted by Gasteiger charge is 2.30. The van der Waals surface area contributed by atoms with Crippen LogP contribution in [0.15, 0.2) is 0 Å². The molecule has 0 aliphatic rings. The number of hydrogen-bond acceptors (Lipinski definition) is 0. The van der Waals surface area contributed by atoms with Crippen LogP contribution in [-0.2, 0) is 0 Å². The highest BCUT2D eigenvalue weighted by Crippen LogP contribution is 2.38. The lowest BCUT2D eigenvalue weighted by atomic mass is 9.68. The summed E-state index contributed by atoms with van der Waals surface area (Å²) in [6, 6.07) is 0. The molecule has 0 spiro atoms. The van der Waals surface area contributed by atoms with E-state index in [-0.39, 0.29) is 0 Å². The second-order valence-corrected chi connectivity index (χ2v) is 6.77. The van der Waals surface area contributed by atoms with E-state index in [9.17, 15) is 0 Å². The molecule has 0 aromatic rings. The van der Waals surface area contributed by atoms with Gasteiger partial charge in [-0.2, -0.15) is 0 Å². The minimum Gasteiger partial charge on any atom is -0.0654 e. The molecule has 0 aliphatic carbocycles. The third-order valence-corrected chi connectivity index (χ3v) is 4.97. The van der Waals surface area contributed by atoms with Gasteiger partial charge in [0.05, 0.1) is 0 Å². The van der Waals surface area contributed by atoms with E-state index in [1.165, 1.54) is 38.5 Å². The molecule has 0 amide bonds. The minimum absolute atomic E-state index is 0.845. The van der Waals surface area contributed by atoms with Crippen LogP contribution in [0.1, 0.15) is 87.0 Å². The quantitative estimate of drug-likeness (QED) is 0.415. The van der Waals surface area contributed by atoms with Crippen LogP contribution >= 0.6 is 0 Å². The second kappa shape index (κ2) is 9.87. The molecule has 18 heavy (non-hydrogen) atoms. The summed E-state index contributed by atoms with van der Waals surface area (Å²) in [4.78, 5) is 0. The van der Waals surface area contributed by atoms with Crippen LogP contribution < -0.4 is 0 Å². The van der Waals surface area contributed by atoms with E-state index in [4.69, 9.17) is 0 Å². The molecule has 0 rings (SSSR count). The van der Waals surface area contributed by atoms with Crippen molar-refractivity contribution in [2.24, 2.45) is 29.6 Å². The molecule has 0 aliphatic heterocycles. The monoisotopic (exact) mass is 254 g/mol. The topological polar surface area (TPSA) is 0 Å². The minimum atomic E-state index is 0.845. The first-order valence-electron chi connectivity index (χ1n) is 8.49. The van der Waals surface area contributed by atoms with Crippen LogP contribution in [0.4, 0.5) is 0 Å². The van der Waals surface area contributed by atoms with Gasteiger partial charge in [-0.15, -0.1) is 0 Å². The van der Waals surface area contributed by atoms with Gasteiger partial charge in [-0.3, -0.25) is 0 Å². The van der Waals surface area contributed by atoms with Crippen LogP contribution in [0.5, 0.6) is 0 Å². The molecule has 110 valence electrons. The molecule has 0 saturated heterocycles. The largest absolute Gasteiger partial charge is 0.0654 e. The van der Waals surface area contributed by atoms with Crippen molar-refractivity contribution in [3.63, 3.8) is 0 Å². The maximum atomic E-state index is 2.52. The lowest BCUT2D eigenvalue weighted by Crippen LogP contribution is -2.29. The summed E-state index contributed by atoms with van der Waals surface area (Å²) in [6.45, 7) is 16.9. The van der Waals surface area contributed by atoms with Gasteiger partial charge in [-0.25, -0.2) is 0 Å². The van der Waals surface area contributed by atoms with E-state index < -0.39 is 0 Å². The first-order chi connectivity index (χ1) is 8.49. The fourth-order valence-corrected chi connectivity index (χ4v) is 3.72. The van der Waals surface area contributed by atoms with E-state index >= 15 is 0 Å². The van der Waals surface area contributed by atoms with Crippen molar-refractivity contribution < 1.29 is 0 Å². The Bertz CT molecular complexity index is 182. The van der Waals surface area contributed by atoms with Gasteiger partial charge >= 0.3 is 0 Å². The summed E-state index contributed by atoms with van der Waals surface area (Å²) in [6.07, 6.45) is 8.28. The predicted molar refractivity (Wildman–Crippen MR) is 84.9 cm³/mol. The molecule has 4 atom stereocenters. The summed E-state index contributed by atoms with van der Waals surface area (Å²) in [7, 11) is 0. The first kappa shape index (κ1) is 18.0. The highest BCUT2D eigenvalue weighted by molar-refractivity contribution is 4.79. The van der Waals surface area contributed by atoms with Crippen LogP contribution in [0, 0.1) is 29.6 Å². The third-order valence-electron chi connectivity index (χ3n) is 4.97. The van der Waals surface area contributed by atoms with E-state index in [1.807, 2.05) is 0 Å². The molecule has 4 unspecified atom stereocenters. The SMILES string of the molecule is CCCC(C)C(C)C(CCC)C(CCC)C(C)C. The summed E-state index contributed by atoms with van der Waals surface area (Å²) < 4.78 is 0. The molecule has 0 heteroatoms. The van der Waals surface area contributed by atoms with Crippen LogP contribution in [0.3, 0.4) is 0 Å². The summed E-state index contributed by atoms with van der Waals surface area (Å²) in [5, 5.41) is 0. The Morgan fingerprint density at radius 2 is 1.06 bits per heavy atom. The Labute approximate surface area is 117 Å². The molecule has 0 radical (unpaired) electrons. The molecular formula is C18H38. The Morgan fingerprint density at radius 3 is 1.44 bits per heavy atom. The van der Waals surface area contributed by atoms with E-state index in [0.29, 0.717) is 0 Å². The molecule has 0 bridgehead atoms. The molecule has 0 N–H and O–H groups in total. The van der Waals surface area contributed by atoms with Crippen molar-refractivity contribution in [3.05, 3.63) is 0 Å². The van der Waals surface area contributed by atoms with E-state index in [2.05, 4.69) is 48.5 Å². The van der Waals surface area contributed by atoms with Crippen molar-refractivity contribution in [2.75, 3.05) is 0 Å². The zero-order chi connectivity index (χ0) is 14.1. The summed E-state index contributed by atoms with van der Waals surface area (Å²) >= 11 is 0. The summed E-state index contributed by atoms with van der Waals surface area (Å²) in [5.74, 6) is 4.51. The summed E-state index contributed by atoms with van der Waals surface area (Å²) in [5.41, 5.74) is 0. The zero-order valence-electron chi connectivity index (χ0n) is 14.1. The van der Waals surface area contributed by atoms with Crippen LogP contribution in [0.2, 0.25) is 0 Å². The van der Waals surface area contributed by atoms with Crippen molar-refractivity contribution in [1.29, 1.82) is 0 Å². The molecule has 0 aromatic carbocycles. The van der Waals surface area contributed by atoms with Gasteiger partial charge in [0, 0.05) is 0 Å². The Hall–Kier alpha value is 0. The molecule has 0 aromatic heterocycles. The standard InChI is InChI=1S/C18H38/c1-8-11-15(6)16(7)18(13-10-3)17(12-9-2)14(4)5/h14-18H,8-13H2,1-7H3. The average Bonchev–Trinajstić information content (AvgIpc) is 2.32. The van der Waals surface area contributed by atoms with Gasteiger partial charge in [-0.1, -0.05) is 87.0 Å². The highest BCUT2D eigenvalue weighted by atomic mass is 14.4. The maximum absolute atomic E-state index is 2.52. The van der Waals surface area contributed by atoms with Crippen molar-refractivity contribution >= 4 is 0 Å². The van der Waals surface area contributed by atoms with Crippen molar-refractivity contribution in [2.45, 2.75) is 87.0 Å². The van der Waals surface area contributed by atoms with Crippen LogP contribution in [-0.4, -0.2) is 0 Å². The number of rotatable bonds is 10. The zero-order valence-corrected chi connectivity index (χ0v) is 14.1. The van der Waals surface area contributed by atoms with Crippen molar-refractivity contribution in [1.82, 2.24) is 0 Å². The maximum Gasteiger partial charge on any atom is -0.0355 e. The van der Waals surface area contributed by atoms with E-state index in [1.54, 1.807) is 0 Å². The Kier molecular flexibility index (Phi) is 9.87. The fourth-order valence-electron chi connectivity index (χ4n) is 3.72. The molecule has 0 saturated carbocycles. The smallest absolute Gasteiger partial charge is 0.0355 e. The Morgan fingerprint density at radius 1 is 0.611 bits per heavy atom. The van der Waals surface area contributed by atoms with Gasteiger partial charge in [0.25, 0.3) is 0 Å². The number of hydrogen-bond donors (Lipinski definition) is 0. The average molecular weight is 255 g/mol. The normalized spacial score (nSPS) is 18.7. The van der Waals surface area contributed by atoms with Gasteiger partial charge in [0.1, 0.15) is 0 Å². The molecule has 0 fully saturated rings. The lowest BCUT2D eigenvalue weighted by molar-refractivity contribution is 0.123. The third kappa shape index (κ3) is 5.76. The Balaban J connectivity index is 4.77. The van der Waals surface area contributed by atoms with Gasteiger partial charge in [0.2, 0.25) is 0 Å². The van der Waals surface area contributed by atoms with Crippen LogP contribution in [0.25, 0.3) is 0 Å². The fraction of sp³-hybridized carbons (Fsp3) is 1.00. The van der Waals surface area contributed by atoms with E-state index in [0.717, 1.165) is 29.6 Å². The second-order valence-electron chi connectivity index (χ2n) is 6.77. The molecular weight excluding hydrogens is 216 g/mol. The first-order valence-corrected chi connectivity index (χ1v) is 8.49. The predicted octanol–water partition coefficient (Wildman–Crippen LogP) is 6.55. The molecule has 0 nitrogen and oxygen atoms in total. The van der Waals surface area contributed by atoms with Gasteiger partial charge in [0.15, 0.2) is 0 Å². The van der Waals surface area contributed by atoms with Crippen molar-refractivity contribution in [3.8, 4) is 0 Å².